The monoisotopic (exact) mass is 221 g/mol. The van der Waals surface area contributed by atoms with Crippen LogP contribution < -0.4 is 0 Å². The van der Waals surface area contributed by atoms with Gasteiger partial charge < -0.3 is 9.94 Å². The largest absolute Gasteiger partial charge is 0.508 e. The molecule has 0 fully saturated rings. The molecule has 0 radical (unpaired) electrons. The van der Waals surface area contributed by atoms with Crippen LogP contribution >= 0.6 is 0 Å². The molecule has 0 spiro atoms. The molecule has 3 heteroatoms. The van der Waals surface area contributed by atoms with Crippen molar-refractivity contribution in [2.75, 3.05) is 6.61 Å². The van der Waals surface area contributed by atoms with Crippen molar-refractivity contribution in [2.45, 2.75) is 34.1 Å². The van der Waals surface area contributed by atoms with Crippen LogP contribution in [0.25, 0.3) is 0 Å². The Bertz CT molecular complexity index is 397. The highest BCUT2D eigenvalue weighted by Gasteiger charge is 2.06. The molecule has 1 N–H and O–H groups in total. The Morgan fingerprint density at radius 3 is 2.62 bits per heavy atom. The van der Waals surface area contributed by atoms with Gasteiger partial charge in [0.1, 0.15) is 12.4 Å². The van der Waals surface area contributed by atoms with Crippen molar-refractivity contribution in [3.63, 3.8) is 0 Å². The van der Waals surface area contributed by atoms with Crippen molar-refractivity contribution in [2.24, 2.45) is 5.16 Å². The molecule has 1 aromatic rings. The minimum absolute atomic E-state index is 0.323. The van der Waals surface area contributed by atoms with Crippen molar-refractivity contribution < 1.29 is 9.94 Å². The Labute approximate surface area is 96.7 Å². The maximum Gasteiger partial charge on any atom is 0.118 e. The van der Waals surface area contributed by atoms with Crippen molar-refractivity contribution >= 4 is 5.71 Å². The van der Waals surface area contributed by atoms with E-state index in [1.807, 2.05) is 33.8 Å². The van der Waals surface area contributed by atoms with Gasteiger partial charge in [-0.05, 0) is 50.5 Å². The van der Waals surface area contributed by atoms with Gasteiger partial charge in [0.2, 0.25) is 0 Å². The first-order valence-corrected chi connectivity index (χ1v) is 5.53. The highest BCUT2D eigenvalue weighted by Crippen LogP contribution is 2.21. The van der Waals surface area contributed by atoms with Crippen molar-refractivity contribution in [3.05, 3.63) is 28.8 Å². The van der Waals surface area contributed by atoms with Crippen LogP contribution in [-0.4, -0.2) is 17.4 Å². The highest BCUT2D eigenvalue weighted by atomic mass is 16.6. The topological polar surface area (TPSA) is 41.8 Å². The van der Waals surface area contributed by atoms with Gasteiger partial charge >= 0.3 is 0 Å². The summed E-state index contributed by atoms with van der Waals surface area (Å²) < 4.78 is 0. The predicted octanol–water partition coefficient (Wildman–Crippen LogP) is 3.16. The Kier molecular flexibility index (Phi) is 4.35. The fourth-order valence-electron chi connectivity index (χ4n) is 1.47. The maximum atomic E-state index is 9.55. The lowest BCUT2D eigenvalue weighted by Gasteiger charge is -2.08. The molecule has 0 atom stereocenters. The predicted molar refractivity (Wildman–Crippen MR) is 66.0 cm³/mol. The third kappa shape index (κ3) is 2.99. The molecule has 88 valence electrons. The average Bonchev–Trinajstić information content (AvgIpc) is 2.23. The van der Waals surface area contributed by atoms with Crippen molar-refractivity contribution in [1.29, 1.82) is 0 Å². The number of oxime groups is 1. The zero-order valence-electron chi connectivity index (χ0n) is 10.4. The van der Waals surface area contributed by atoms with Crippen LogP contribution in [0.15, 0.2) is 17.3 Å². The summed E-state index contributed by atoms with van der Waals surface area (Å²) in [5.41, 5.74) is 3.72. The molecule has 0 aliphatic rings. The molecule has 0 aromatic heterocycles. The second-order valence-electron chi connectivity index (χ2n) is 3.96. The molecule has 0 amide bonds. The van der Waals surface area contributed by atoms with Gasteiger partial charge in [-0.3, -0.25) is 0 Å². The summed E-state index contributed by atoms with van der Waals surface area (Å²) >= 11 is 0. The number of phenols is 1. The Hall–Kier alpha value is -1.51. The van der Waals surface area contributed by atoms with E-state index in [1.54, 1.807) is 6.07 Å². The number of hydrogen-bond acceptors (Lipinski definition) is 3. The molecule has 0 aliphatic carbocycles. The van der Waals surface area contributed by atoms with E-state index in [-0.39, 0.29) is 0 Å². The standard InChI is InChI=1S/C13H19NO2/c1-5-6-16-14-11(4)12-7-10(3)13(15)8-9(12)2/h7-8,15H,5-6H2,1-4H3. The molecule has 0 unspecified atom stereocenters. The van der Waals surface area contributed by atoms with Gasteiger partial charge in [-0.2, -0.15) is 0 Å². The lowest BCUT2D eigenvalue weighted by atomic mass is 10.0. The molecular formula is C13H19NO2. The van der Waals surface area contributed by atoms with Gasteiger partial charge in [0.15, 0.2) is 0 Å². The lowest BCUT2D eigenvalue weighted by Crippen LogP contribution is -2.00. The summed E-state index contributed by atoms with van der Waals surface area (Å²) in [5, 5.41) is 13.6. The highest BCUT2D eigenvalue weighted by molar-refractivity contribution is 5.99. The Balaban J connectivity index is 2.95. The summed E-state index contributed by atoms with van der Waals surface area (Å²) in [5.74, 6) is 0.323. The normalized spacial score (nSPS) is 11.6. The van der Waals surface area contributed by atoms with Gasteiger partial charge in [0, 0.05) is 5.56 Å². The number of aryl methyl sites for hydroxylation is 2. The number of benzene rings is 1. The van der Waals surface area contributed by atoms with Crippen LogP contribution in [-0.2, 0) is 4.84 Å². The zero-order chi connectivity index (χ0) is 12.1. The third-order valence-electron chi connectivity index (χ3n) is 2.43. The van der Waals surface area contributed by atoms with Crippen LogP contribution in [0.2, 0.25) is 0 Å². The van der Waals surface area contributed by atoms with Gasteiger partial charge in [-0.15, -0.1) is 0 Å². The molecular weight excluding hydrogens is 202 g/mol. The molecule has 0 aliphatic heterocycles. The Morgan fingerprint density at radius 1 is 1.31 bits per heavy atom. The van der Waals surface area contributed by atoms with Gasteiger partial charge in [-0.25, -0.2) is 0 Å². The number of phenolic OH excluding ortho intramolecular Hbond substituents is 1. The number of hydrogen-bond donors (Lipinski definition) is 1. The van der Waals surface area contributed by atoms with E-state index < -0.39 is 0 Å². The van der Waals surface area contributed by atoms with E-state index >= 15 is 0 Å². The second kappa shape index (κ2) is 5.54. The van der Waals surface area contributed by atoms with E-state index in [0.29, 0.717) is 12.4 Å². The molecule has 0 bridgehead atoms. The minimum atomic E-state index is 0.323. The minimum Gasteiger partial charge on any atom is -0.508 e. The average molecular weight is 221 g/mol. The first kappa shape index (κ1) is 12.6. The number of aromatic hydroxyl groups is 1. The first-order valence-electron chi connectivity index (χ1n) is 5.53. The molecule has 0 heterocycles. The SMILES string of the molecule is CCCON=C(C)c1cc(C)c(O)cc1C. The van der Waals surface area contributed by atoms with E-state index in [4.69, 9.17) is 4.84 Å². The molecule has 3 nitrogen and oxygen atoms in total. The second-order valence-corrected chi connectivity index (χ2v) is 3.96. The van der Waals surface area contributed by atoms with E-state index in [0.717, 1.165) is 28.8 Å². The third-order valence-corrected chi connectivity index (χ3v) is 2.43. The van der Waals surface area contributed by atoms with E-state index in [9.17, 15) is 5.11 Å². The smallest absolute Gasteiger partial charge is 0.118 e. The maximum absolute atomic E-state index is 9.55. The summed E-state index contributed by atoms with van der Waals surface area (Å²) in [7, 11) is 0. The quantitative estimate of drug-likeness (QED) is 0.482. The summed E-state index contributed by atoms with van der Waals surface area (Å²) in [6.45, 7) is 8.41. The van der Waals surface area contributed by atoms with Crippen molar-refractivity contribution in [1.82, 2.24) is 0 Å². The van der Waals surface area contributed by atoms with Gasteiger partial charge in [0.25, 0.3) is 0 Å². The van der Waals surface area contributed by atoms with Gasteiger partial charge in [-0.1, -0.05) is 12.1 Å². The number of nitrogens with zero attached hydrogens (tertiary/aromatic N) is 1. The van der Waals surface area contributed by atoms with Crippen LogP contribution in [0.5, 0.6) is 5.75 Å². The number of rotatable bonds is 4. The summed E-state index contributed by atoms with van der Waals surface area (Å²) in [4.78, 5) is 5.15. The summed E-state index contributed by atoms with van der Waals surface area (Å²) in [6.07, 6.45) is 0.949. The molecule has 1 aromatic carbocycles. The summed E-state index contributed by atoms with van der Waals surface area (Å²) in [6, 6.07) is 3.68. The molecule has 0 saturated heterocycles. The van der Waals surface area contributed by atoms with E-state index in [2.05, 4.69) is 5.16 Å². The van der Waals surface area contributed by atoms with Crippen LogP contribution in [0.4, 0.5) is 0 Å². The molecule has 16 heavy (non-hydrogen) atoms. The molecule has 1 rings (SSSR count). The van der Waals surface area contributed by atoms with Gasteiger partial charge in [0.05, 0.1) is 5.71 Å². The fraction of sp³-hybridized carbons (Fsp3) is 0.462. The van der Waals surface area contributed by atoms with Crippen LogP contribution in [0.1, 0.15) is 37.0 Å². The van der Waals surface area contributed by atoms with Crippen LogP contribution in [0.3, 0.4) is 0 Å². The first-order chi connectivity index (χ1) is 7.56. The molecule has 0 saturated carbocycles. The fourth-order valence-corrected chi connectivity index (χ4v) is 1.47. The Morgan fingerprint density at radius 2 is 2.00 bits per heavy atom. The zero-order valence-corrected chi connectivity index (χ0v) is 10.4. The van der Waals surface area contributed by atoms with E-state index in [1.165, 1.54) is 0 Å². The van der Waals surface area contributed by atoms with Crippen molar-refractivity contribution in [3.8, 4) is 5.75 Å². The lowest BCUT2D eigenvalue weighted by molar-refractivity contribution is 0.145. The van der Waals surface area contributed by atoms with Crippen LogP contribution in [0, 0.1) is 13.8 Å².